The minimum Gasteiger partial charge on any atom is -0.323 e. The number of piperidine rings is 1. The highest BCUT2D eigenvalue weighted by Crippen LogP contribution is 2.33. The smallest absolute Gasteiger partial charge is 0.231 e. The van der Waals surface area contributed by atoms with Gasteiger partial charge >= 0.3 is 0 Å². The molecular weight excluding hydrogens is 245 g/mol. The van der Waals surface area contributed by atoms with Crippen LogP contribution in [-0.4, -0.2) is 24.0 Å². The van der Waals surface area contributed by atoms with Crippen molar-refractivity contribution >= 4 is 11.6 Å². The van der Waals surface area contributed by atoms with Gasteiger partial charge in [0.1, 0.15) is 0 Å². The molecule has 2 heterocycles. The van der Waals surface area contributed by atoms with Gasteiger partial charge in [0.25, 0.3) is 0 Å². The Morgan fingerprint density at radius 1 is 1.63 bits per heavy atom. The number of rotatable bonds is 4. The van der Waals surface area contributed by atoms with Gasteiger partial charge in [-0.2, -0.15) is 0 Å². The summed E-state index contributed by atoms with van der Waals surface area (Å²) in [6, 6.07) is 1.49. The molecule has 1 atom stereocenters. The quantitative estimate of drug-likeness (QED) is 0.878. The molecule has 1 unspecified atom stereocenters. The van der Waals surface area contributed by atoms with Crippen LogP contribution < -0.4 is 10.6 Å². The molecule has 1 aliphatic heterocycles. The Labute approximate surface area is 112 Å². The number of nitrogens with one attached hydrogen (secondary N) is 2. The molecule has 1 saturated heterocycles. The average molecular weight is 265 g/mol. The Morgan fingerprint density at radius 2 is 2.47 bits per heavy atom. The maximum Gasteiger partial charge on any atom is 0.231 e. The third-order valence-corrected chi connectivity index (χ3v) is 3.70. The van der Waals surface area contributed by atoms with Gasteiger partial charge in [0, 0.05) is 12.7 Å². The molecule has 0 radical (unpaired) electrons. The first-order chi connectivity index (χ1) is 9.18. The van der Waals surface area contributed by atoms with Gasteiger partial charge in [0.2, 0.25) is 5.91 Å². The van der Waals surface area contributed by atoms with Crippen molar-refractivity contribution in [2.75, 3.05) is 18.4 Å². The second kappa shape index (κ2) is 6.10. The van der Waals surface area contributed by atoms with E-state index in [9.17, 15) is 9.18 Å². The van der Waals surface area contributed by atoms with E-state index in [1.54, 1.807) is 0 Å². The highest BCUT2D eigenvalue weighted by Gasteiger charge is 2.38. The summed E-state index contributed by atoms with van der Waals surface area (Å²) in [5.74, 6) is -0.585. The van der Waals surface area contributed by atoms with Gasteiger partial charge < -0.3 is 10.6 Å². The van der Waals surface area contributed by atoms with Gasteiger partial charge in [-0.3, -0.25) is 9.78 Å². The third kappa shape index (κ3) is 3.10. The van der Waals surface area contributed by atoms with Crippen LogP contribution in [-0.2, 0) is 4.79 Å². The van der Waals surface area contributed by atoms with E-state index in [0.717, 1.165) is 38.4 Å². The fourth-order valence-corrected chi connectivity index (χ4v) is 2.70. The van der Waals surface area contributed by atoms with Crippen molar-refractivity contribution < 1.29 is 9.18 Å². The predicted molar refractivity (Wildman–Crippen MR) is 72.3 cm³/mol. The maximum atomic E-state index is 13.5. The van der Waals surface area contributed by atoms with E-state index in [2.05, 4.69) is 22.5 Å². The molecule has 1 aromatic heterocycles. The van der Waals surface area contributed by atoms with Crippen LogP contribution in [0, 0.1) is 11.2 Å². The molecular formula is C14H20FN3O. The zero-order valence-electron chi connectivity index (χ0n) is 11.2. The number of hydrogen-bond acceptors (Lipinski definition) is 3. The van der Waals surface area contributed by atoms with Gasteiger partial charge in [-0.1, -0.05) is 13.3 Å². The molecule has 104 valence electrons. The van der Waals surface area contributed by atoms with Crippen LogP contribution in [0.5, 0.6) is 0 Å². The van der Waals surface area contributed by atoms with Crippen molar-refractivity contribution in [3.8, 4) is 0 Å². The van der Waals surface area contributed by atoms with Crippen molar-refractivity contribution in [3.63, 3.8) is 0 Å². The molecule has 0 bridgehead atoms. The molecule has 5 heteroatoms. The minimum absolute atomic E-state index is 0.0911. The molecule has 1 aliphatic rings. The molecule has 1 fully saturated rings. The zero-order valence-corrected chi connectivity index (χ0v) is 11.2. The van der Waals surface area contributed by atoms with E-state index >= 15 is 0 Å². The van der Waals surface area contributed by atoms with Crippen molar-refractivity contribution in [2.24, 2.45) is 5.41 Å². The molecule has 2 rings (SSSR count). The highest BCUT2D eigenvalue weighted by molar-refractivity contribution is 5.95. The van der Waals surface area contributed by atoms with Gasteiger partial charge in [0.15, 0.2) is 5.82 Å². The SMILES string of the molecule is CCCC1(C(=O)Nc2ccncc2F)CCCNC1. The first-order valence-electron chi connectivity index (χ1n) is 6.80. The maximum absolute atomic E-state index is 13.5. The lowest BCUT2D eigenvalue weighted by atomic mass is 9.76. The van der Waals surface area contributed by atoms with E-state index < -0.39 is 11.2 Å². The topological polar surface area (TPSA) is 54.0 Å². The lowest BCUT2D eigenvalue weighted by Crippen LogP contribution is -2.48. The summed E-state index contributed by atoms with van der Waals surface area (Å²) in [5.41, 5.74) is -0.205. The Morgan fingerprint density at radius 3 is 3.11 bits per heavy atom. The van der Waals surface area contributed by atoms with Crippen molar-refractivity contribution in [3.05, 3.63) is 24.3 Å². The summed E-state index contributed by atoms with van der Waals surface area (Å²) >= 11 is 0. The third-order valence-electron chi connectivity index (χ3n) is 3.70. The Bertz CT molecular complexity index is 439. The van der Waals surface area contributed by atoms with Crippen molar-refractivity contribution in [1.82, 2.24) is 10.3 Å². The van der Waals surface area contributed by atoms with E-state index in [0.29, 0.717) is 6.54 Å². The number of carbonyl (C=O) groups excluding carboxylic acids is 1. The first-order valence-corrected chi connectivity index (χ1v) is 6.80. The molecule has 1 amide bonds. The molecule has 0 aromatic carbocycles. The number of amides is 1. The predicted octanol–water partition coefficient (Wildman–Crippen LogP) is 2.33. The summed E-state index contributed by atoms with van der Waals surface area (Å²) in [5, 5.41) is 5.99. The van der Waals surface area contributed by atoms with E-state index in [4.69, 9.17) is 0 Å². The number of aromatic nitrogens is 1. The number of halogens is 1. The summed E-state index contributed by atoms with van der Waals surface area (Å²) in [7, 11) is 0. The molecule has 4 nitrogen and oxygen atoms in total. The van der Waals surface area contributed by atoms with Crippen molar-refractivity contribution in [1.29, 1.82) is 0 Å². The highest BCUT2D eigenvalue weighted by atomic mass is 19.1. The van der Waals surface area contributed by atoms with Crippen LogP contribution in [0.15, 0.2) is 18.5 Å². The lowest BCUT2D eigenvalue weighted by molar-refractivity contribution is -0.127. The number of nitrogens with zero attached hydrogens (tertiary/aromatic N) is 1. The number of pyridine rings is 1. The van der Waals surface area contributed by atoms with Crippen LogP contribution >= 0.6 is 0 Å². The number of anilines is 1. The van der Waals surface area contributed by atoms with Crippen LogP contribution in [0.2, 0.25) is 0 Å². The van der Waals surface area contributed by atoms with Crippen LogP contribution in [0.3, 0.4) is 0 Å². The van der Waals surface area contributed by atoms with Gasteiger partial charge in [0.05, 0.1) is 17.3 Å². The van der Waals surface area contributed by atoms with Crippen LogP contribution in [0.1, 0.15) is 32.6 Å². The monoisotopic (exact) mass is 265 g/mol. The summed E-state index contributed by atoms with van der Waals surface area (Å²) in [4.78, 5) is 16.2. The first kappa shape index (κ1) is 13.9. The largest absolute Gasteiger partial charge is 0.323 e. The van der Waals surface area contributed by atoms with E-state index in [1.165, 1.54) is 12.3 Å². The van der Waals surface area contributed by atoms with E-state index in [1.807, 2.05) is 0 Å². The Balaban J connectivity index is 2.14. The minimum atomic E-state index is -0.494. The summed E-state index contributed by atoms with van der Waals surface area (Å²) in [6.07, 6.45) is 6.18. The van der Waals surface area contributed by atoms with Gasteiger partial charge in [-0.25, -0.2) is 4.39 Å². The van der Waals surface area contributed by atoms with Crippen LogP contribution in [0.25, 0.3) is 0 Å². The fourth-order valence-electron chi connectivity index (χ4n) is 2.70. The fraction of sp³-hybridized carbons (Fsp3) is 0.571. The van der Waals surface area contributed by atoms with Crippen molar-refractivity contribution in [2.45, 2.75) is 32.6 Å². The Hall–Kier alpha value is -1.49. The van der Waals surface area contributed by atoms with Gasteiger partial charge in [-0.05, 0) is 31.9 Å². The summed E-state index contributed by atoms with van der Waals surface area (Å²) in [6.45, 7) is 3.68. The standard InChI is InChI=1S/C14H20FN3O/c1-2-5-14(6-3-7-17-10-14)13(19)18-12-4-8-16-9-11(12)15/h4,8-9,17H,2-3,5-7,10H2,1H3,(H,16,18,19). The van der Waals surface area contributed by atoms with Gasteiger partial charge in [-0.15, -0.1) is 0 Å². The van der Waals surface area contributed by atoms with E-state index in [-0.39, 0.29) is 11.6 Å². The molecule has 19 heavy (non-hydrogen) atoms. The number of hydrogen-bond donors (Lipinski definition) is 2. The normalized spacial score (nSPS) is 23.1. The molecule has 0 spiro atoms. The second-order valence-corrected chi connectivity index (χ2v) is 5.12. The molecule has 1 aromatic rings. The number of carbonyl (C=O) groups is 1. The average Bonchev–Trinajstić information content (AvgIpc) is 2.42. The second-order valence-electron chi connectivity index (χ2n) is 5.12. The molecule has 2 N–H and O–H groups in total. The lowest BCUT2D eigenvalue weighted by Gasteiger charge is -2.36. The Kier molecular flexibility index (Phi) is 4.47. The van der Waals surface area contributed by atoms with Crippen LogP contribution in [0.4, 0.5) is 10.1 Å². The molecule has 0 saturated carbocycles. The summed E-state index contributed by atoms with van der Waals surface area (Å²) < 4.78 is 13.5. The zero-order chi connectivity index (χ0) is 13.7. The molecule has 0 aliphatic carbocycles.